The molecule has 2 saturated heterocycles. The molecule has 24 heteroatoms. The lowest BCUT2D eigenvalue weighted by atomic mass is 9.96. The van der Waals surface area contributed by atoms with Gasteiger partial charge in [0.2, 0.25) is 5.91 Å². The molecule has 0 saturated carbocycles. The van der Waals surface area contributed by atoms with E-state index in [1.807, 2.05) is 4.98 Å². The zero-order chi connectivity index (χ0) is 40.9. The van der Waals surface area contributed by atoms with Gasteiger partial charge in [-0.05, 0) is 6.42 Å². The molecule has 1 aromatic heterocycles. The van der Waals surface area contributed by atoms with Crippen LogP contribution in [0.1, 0.15) is 90.7 Å². The number of carbonyl (C=O) groups is 2. The van der Waals surface area contributed by atoms with Crippen LogP contribution in [0.15, 0.2) is 21.9 Å². The third kappa shape index (κ3) is 14.8. The van der Waals surface area contributed by atoms with E-state index in [0.717, 1.165) is 49.4 Å². The van der Waals surface area contributed by atoms with Gasteiger partial charge in [0.15, 0.2) is 18.6 Å². The Hall–Kier alpha value is -2.40. The molecule has 22 nitrogen and oxygen atoms in total. The van der Waals surface area contributed by atoms with Crippen LogP contribution < -0.4 is 16.6 Å². The molecule has 9 N–H and O–H groups in total. The Bertz CT molecular complexity index is 1590. The number of esters is 1. The molecule has 3 rings (SSSR count). The zero-order valence-electron chi connectivity index (χ0n) is 30.5. The van der Waals surface area contributed by atoms with Crippen molar-refractivity contribution < 1.29 is 81.6 Å². The molecule has 2 fully saturated rings. The summed E-state index contributed by atoms with van der Waals surface area (Å²) >= 11 is 0. The Morgan fingerprint density at radius 2 is 1.58 bits per heavy atom. The monoisotopic (exact) mass is 833 g/mol. The number of amides is 1. The third-order valence-electron chi connectivity index (χ3n) is 8.84. The van der Waals surface area contributed by atoms with E-state index in [4.69, 9.17) is 18.7 Å². The predicted molar refractivity (Wildman–Crippen MR) is 187 cm³/mol. The molecule has 0 aliphatic carbocycles. The third-order valence-corrected chi connectivity index (χ3v) is 11.4. The van der Waals surface area contributed by atoms with E-state index in [1.54, 1.807) is 0 Å². The summed E-state index contributed by atoms with van der Waals surface area (Å²) < 4.78 is 56.3. The normalized spacial score (nSPS) is 29.6. The van der Waals surface area contributed by atoms with E-state index in [-0.39, 0.29) is 6.42 Å². The van der Waals surface area contributed by atoms with Crippen LogP contribution in [0.5, 0.6) is 0 Å². The summed E-state index contributed by atoms with van der Waals surface area (Å²) in [5.74, 6) is -1.88. The van der Waals surface area contributed by atoms with Crippen molar-refractivity contribution in [3.8, 4) is 0 Å². The fraction of sp³-hybridized carbons (Fsp3) is 0.806. The van der Waals surface area contributed by atoms with Crippen LogP contribution >= 0.6 is 15.6 Å². The molecular formula is C31H53N3O19P2. The van der Waals surface area contributed by atoms with Crippen LogP contribution in [-0.2, 0) is 46.3 Å². The van der Waals surface area contributed by atoms with Crippen molar-refractivity contribution in [1.82, 2.24) is 14.9 Å². The van der Waals surface area contributed by atoms with Crippen LogP contribution in [0.3, 0.4) is 0 Å². The van der Waals surface area contributed by atoms with Gasteiger partial charge in [0, 0.05) is 19.2 Å². The number of phosphoric acid groups is 2. The molecular weight excluding hydrogens is 780 g/mol. The first-order chi connectivity index (χ1) is 25.9. The fourth-order valence-corrected chi connectivity index (χ4v) is 8.23. The maximum atomic E-state index is 13.0. The zero-order valence-corrected chi connectivity index (χ0v) is 32.3. The van der Waals surface area contributed by atoms with E-state index in [1.165, 1.54) is 25.7 Å². The molecule has 0 spiro atoms. The molecule has 55 heavy (non-hydrogen) atoms. The summed E-state index contributed by atoms with van der Waals surface area (Å²) in [5, 5.41) is 54.0. The standard InChI is InChI=1S/C31H53N3O19P2/c1-3-4-5-6-7-8-9-10-11-12-19(37)15-23(39)51-28-24(32-18(2)36)30(50-20(16-35)26(28)41)52-55(46,47)53-54(44,45)48-17-21-25(40)27(42)29(49-21)34-14-13-22(38)33-31(34)43/h13-14,19-21,24-30,35,37,40-42H,3-12,15-17H2,1-2H3,(H,32,36)(H,44,45)(H,46,47)(H,33,38,43). The minimum absolute atomic E-state index is 0.276. The summed E-state index contributed by atoms with van der Waals surface area (Å²) in [6.07, 6.45) is -5.37. The molecule has 1 amide bonds. The second-order valence-electron chi connectivity index (χ2n) is 13.4. The highest BCUT2D eigenvalue weighted by Gasteiger charge is 2.52. The van der Waals surface area contributed by atoms with Crippen LogP contribution in [-0.4, -0.2) is 125 Å². The van der Waals surface area contributed by atoms with E-state index >= 15 is 0 Å². The quantitative estimate of drug-likeness (QED) is 0.0384. The lowest BCUT2D eigenvalue weighted by Gasteiger charge is -2.43. The van der Waals surface area contributed by atoms with Gasteiger partial charge in [-0.15, -0.1) is 0 Å². The van der Waals surface area contributed by atoms with Crippen molar-refractivity contribution >= 4 is 27.5 Å². The maximum Gasteiger partial charge on any atom is 0.483 e. The number of aromatic nitrogens is 2. The van der Waals surface area contributed by atoms with Gasteiger partial charge in [0.25, 0.3) is 5.56 Å². The lowest BCUT2D eigenvalue weighted by Crippen LogP contribution is -2.65. The molecule has 1 aromatic rings. The molecule has 2 aliphatic rings. The minimum Gasteiger partial charge on any atom is -0.457 e. The first-order valence-electron chi connectivity index (χ1n) is 18.0. The Labute approximate surface area is 315 Å². The second-order valence-corrected chi connectivity index (χ2v) is 16.4. The number of rotatable bonds is 23. The predicted octanol–water partition coefficient (Wildman–Crippen LogP) is -0.427. The number of aliphatic hydroxyl groups excluding tert-OH is 5. The molecule has 0 bridgehead atoms. The van der Waals surface area contributed by atoms with Crippen molar-refractivity contribution in [3.63, 3.8) is 0 Å². The van der Waals surface area contributed by atoms with Crippen molar-refractivity contribution in [2.24, 2.45) is 0 Å². The topological polar surface area (TPSA) is 332 Å². The molecule has 2 aliphatic heterocycles. The number of H-pyrrole nitrogens is 1. The number of aromatic amines is 1. The van der Waals surface area contributed by atoms with E-state index in [2.05, 4.69) is 21.1 Å². The Kier molecular flexibility index (Phi) is 18.7. The number of unbranched alkanes of at least 4 members (excludes halogenated alkanes) is 8. The number of hydrogen-bond acceptors (Lipinski definition) is 17. The number of aliphatic hydroxyl groups is 5. The molecule has 0 radical (unpaired) electrons. The van der Waals surface area contributed by atoms with Gasteiger partial charge in [-0.3, -0.25) is 33.0 Å². The second kappa shape index (κ2) is 21.9. The lowest BCUT2D eigenvalue weighted by molar-refractivity contribution is -0.253. The van der Waals surface area contributed by atoms with Crippen molar-refractivity contribution in [2.45, 2.75) is 146 Å². The van der Waals surface area contributed by atoms with Crippen LogP contribution in [0, 0.1) is 0 Å². The first kappa shape index (κ1) is 47.0. The summed E-state index contributed by atoms with van der Waals surface area (Å²) in [6, 6.07) is -0.858. The average Bonchev–Trinajstić information content (AvgIpc) is 3.37. The highest BCUT2D eigenvalue weighted by atomic mass is 31.3. The summed E-state index contributed by atoms with van der Waals surface area (Å²) in [5.41, 5.74) is -1.78. The van der Waals surface area contributed by atoms with Gasteiger partial charge >= 0.3 is 27.3 Å². The van der Waals surface area contributed by atoms with Crippen LogP contribution in [0.2, 0.25) is 0 Å². The number of ether oxygens (including phenoxy) is 3. The Morgan fingerprint density at radius 3 is 2.18 bits per heavy atom. The van der Waals surface area contributed by atoms with Crippen molar-refractivity contribution in [2.75, 3.05) is 13.2 Å². The SMILES string of the molecule is CCCCCCCCCCCC(O)CC(=O)OC1C(O)C(CO)OC(OP(=O)(O)OP(=O)(O)OCC2OC(n3ccc(=O)[nH]c3=O)C(O)C2O)C1NC(C)=O. The first-order valence-corrected chi connectivity index (χ1v) is 21.0. The van der Waals surface area contributed by atoms with Crippen molar-refractivity contribution in [1.29, 1.82) is 0 Å². The highest BCUT2D eigenvalue weighted by molar-refractivity contribution is 7.61. The van der Waals surface area contributed by atoms with Crippen LogP contribution in [0.4, 0.5) is 0 Å². The van der Waals surface area contributed by atoms with Gasteiger partial charge in [-0.25, -0.2) is 13.9 Å². The highest BCUT2D eigenvalue weighted by Crippen LogP contribution is 2.61. The largest absolute Gasteiger partial charge is 0.483 e. The van der Waals surface area contributed by atoms with Gasteiger partial charge in [0.1, 0.15) is 36.6 Å². The van der Waals surface area contributed by atoms with E-state index in [9.17, 15) is 63.6 Å². The average molecular weight is 834 g/mol. The molecule has 12 atom stereocenters. The molecule has 3 heterocycles. The van der Waals surface area contributed by atoms with Gasteiger partial charge < -0.3 is 54.8 Å². The number of hydrogen-bond donors (Lipinski definition) is 9. The smallest absolute Gasteiger partial charge is 0.457 e. The maximum absolute atomic E-state index is 13.0. The number of nitrogens with zero attached hydrogens (tertiary/aromatic N) is 1. The molecule has 0 aromatic carbocycles. The van der Waals surface area contributed by atoms with E-state index in [0.29, 0.717) is 6.42 Å². The Morgan fingerprint density at radius 1 is 0.945 bits per heavy atom. The summed E-state index contributed by atoms with van der Waals surface area (Å²) in [4.78, 5) is 71.0. The summed E-state index contributed by atoms with van der Waals surface area (Å²) in [6.45, 7) is 1.10. The summed E-state index contributed by atoms with van der Waals surface area (Å²) in [7, 11) is -11.4. The van der Waals surface area contributed by atoms with Gasteiger partial charge in [0.05, 0.1) is 25.7 Å². The Balaban J connectivity index is 1.60. The van der Waals surface area contributed by atoms with Crippen molar-refractivity contribution in [3.05, 3.63) is 33.1 Å². The number of nitrogens with one attached hydrogen (secondary N) is 2. The fourth-order valence-electron chi connectivity index (χ4n) is 6.07. The molecule has 316 valence electrons. The number of carbonyl (C=O) groups excluding carboxylic acids is 2. The number of phosphoric ester groups is 2. The van der Waals surface area contributed by atoms with E-state index < -0.39 is 120 Å². The van der Waals surface area contributed by atoms with Gasteiger partial charge in [-0.2, -0.15) is 4.31 Å². The minimum atomic E-state index is -5.78. The van der Waals surface area contributed by atoms with Crippen LogP contribution in [0.25, 0.3) is 0 Å². The molecule has 12 unspecified atom stereocenters. The van der Waals surface area contributed by atoms with Gasteiger partial charge in [-0.1, -0.05) is 64.7 Å².